The highest BCUT2D eigenvalue weighted by Crippen LogP contribution is 2.22. The molecule has 2 aromatic rings. The van der Waals surface area contributed by atoms with E-state index in [0.29, 0.717) is 17.1 Å². The number of nitrogens with one attached hydrogen (secondary N) is 1. The number of phenols is 2. The highest BCUT2D eigenvalue weighted by Gasteiger charge is 2.25. The van der Waals surface area contributed by atoms with Gasteiger partial charge in [0.05, 0.1) is 0 Å². The summed E-state index contributed by atoms with van der Waals surface area (Å²) in [5, 5.41) is 31.9. The fourth-order valence-corrected chi connectivity index (χ4v) is 1.71. The molecule has 0 aliphatic heterocycles. The predicted molar refractivity (Wildman–Crippen MR) is 85.1 cm³/mol. The first-order valence-electron chi connectivity index (χ1n) is 6.76. The lowest BCUT2D eigenvalue weighted by Gasteiger charge is -2.27. The minimum atomic E-state index is -1.30. The molecule has 4 N–H and O–H groups in total. The zero-order valence-corrected chi connectivity index (χ0v) is 12.3. The van der Waals surface area contributed by atoms with Gasteiger partial charge in [0, 0.05) is 11.4 Å². The quantitative estimate of drug-likeness (QED) is 0.617. The summed E-state index contributed by atoms with van der Waals surface area (Å²) in [6, 6.07) is 12.7. The van der Waals surface area contributed by atoms with E-state index in [2.05, 4.69) is 11.9 Å². The smallest absolute Gasteiger partial charge is 0.135 e. The van der Waals surface area contributed by atoms with Crippen LogP contribution in [-0.2, 0) is 0 Å². The monoisotopic (exact) mass is 301 g/mol. The molecule has 0 radical (unpaired) electrons. The van der Waals surface area contributed by atoms with Crippen molar-refractivity contribution in [1.82, 2.24) is 0 Å². The summed E-state index contributed by atoms with van der Waals surface area (Å²) in [4.78, 5) is 0. The van der Waals surface area contributed by atoms with E-state index in [1.54, 1.807) is 31.2 Å². The third kappa shape index (κ3) is 4.17. The van der Waals surface area contributed by atoms with Gasteiger partial charge in [-0.05, 0) is 55.5 Å². The lowest BCUT2D eigenvalue weighted by molar-refractivity contribution is 0.0453. The van der Waals surface area contributed by atoms with Crippen LogP contribution in [0.25, 0.3) is 0 Å². The topological polar surface area (TPSA) is 82.0 Å². The van der Waals surface area contributed by atoms with Crippen LogP contribution >= 0.6 is 0 Å². The van der Waals surface area contributed by atoms with Crippen LogP contribution in [0.3, 0.4) is 0 Å². The van der Waals surface area contributed by atoms with Crippen LogP contribution in [-0.4, -0.2) is 27.5 Å². The molecular formula is C17H19NO4. The maximum atomic E-state index is 10.4. The highest BCUT2D eigenvalue weighted by molar-refractivity contribution is 5.51. The molecule has 22 heavy (non-hydrogen) atoms. The summed E-state index contributed by atoms with van der Waals surface area (Å²) in [5.74, 6) is 0.853. The Labute approximate surface area is 129 Å². The standard InChI is InChI=1S/C17H19NO4/c1-12(18-13-3-5-14(19)6-4-13)17(2,21)11-22-16-9-7-15(20)8-10-16/h3-10,18-21H,1,11H2,2H3/t17-/m0/s1. The van der Waals surface area contributed by atoms with Gasteiger partial charge in [0.15, 0.2) is 0 Å². The molecule has 0 amide bonds. The summed E-state index contributed by atoms with van der Waals surface area (Å²) < 4.78 is 5.50. The van der Waals surface area contributed by atoms with Gasteiger partial charge in [-0.2, -0.15) is 0 Å². The van der Waals surface area contributed by atoms with Gasteiger partial charge in [0.2, 0.25) is 0 Å². The second kappa shape index (κ2) is 6.41. The number of rotatable bonds is 6. The van der Waals surface area contributed by atoms with Crippen molar-refractivity contribution in [2.45, 2.75) is 12.5 Å². The van der Waals surface area contributed by atoms with E-state index in [0.717, 1.165) is 0 Å². The second-order valence-corrected chi connectivity index (χ2v) is 5.21. The number of hydrogen-bond donors (Lipinski definition) is 4. The first-order valence-corrected chi connectivity index (χ1v) is 6.76. The van der Waals surface area contributed by atoms with Crippen LogP contribution in [0.2, 0.25) is 0 Å². The van der Waals surface area contributed by atoms with Crippen LogP contribution in [0.15, 0.2) is 60.8 Å². The van der Waals surface area contributed by atoms with E-state index in [9.17, 15) is 15.3 Å². The Morgan fingerprint density at radius 1 is 1.05 bits per heavy atom. The van der Waals surface area contributed by atoms with Crippen molar-refractivity contribution in [2.24, 2.45) is 0 Å². The van der Waals surface area contributed by atoms with E-state index in [4.69, 9.17) is 4.74 Å². The summed E-state index contributed by atoms with van der Waals surface area (Å²) in [7, 11) is 0. The fourth-order valence-electron chi connectivity index (χ4n) is 1.71. The van der Waals surface area contributed by atoms with Gasteiger partial charge in [-0.15, -0.1) is 0 Å². The number of aliphatic hydroxyl groups is 1. The molecule has 5 nitrogen and oxygen atoms in total. The molecule has 0 aromatic heterocycles. The van der Waals surface area contributed by atoms with Gasteiger partial charge < -0.3 is 25.4 Å². The number of aromatic hydroxyl groups is 2. The summed E-state index contributed by atoms with van der Waals surface area (Å²) in [6.45, 7) is 5.42. The van der Waals surface area contributed by atoms with Gasteiger partial charge in [-0.3, -0.25) is 0 Å². The Morgan fingerprint density at radius 2 is 1.55 bits per heavy atom. The van der Waals surface area contributed by atoms with Crippen molar-refractivity contribution < 1.29 is 20.1 Å². The molecule has 2 aromatic carbocycles. The molecule has 0 saturated carbocycles. The molecule has 0 spiro atoms. The third-order valence-corrected chi connectivity index (χ3v) is 3.17. The zero-order chi connectivity index (χ0) is 16.2. The fraction of sp³-hybridized carbons (Fsp3) is 0.176. The summed E-state index contributed by atoms with van der Waals surface area (Å²) in [6.07, 6.45) is 0. The Balaban J connectivity index is 1.95. The minimum absolute atomic E-state index is 0.00168. The average molecular weight is 301 g/mol. The average Bonchev–Trinajstić information content (AvgIpc) is 2.49. The first-order chi connectivity index (χ1) is 10.4. The van der Waals surface area contributed by atoms with Gasteiger partial charge in [-0.25, -0.2) is 0 Å². The van der Waals surface area contributed by atoms with Crippen LogP contribution in [0, 0.1) is 0 Å². The van der Waals surface area contributed by atoms with Gasteiger partial charge in [0.1, 0.15) is 29.5 Å². The molecular weight excluding hydrogens is 282 g/mol. The molecule has 0 fully saturated rings. The highest BCUT2D eigenvalue weighted by atomic mass is 16.5. The van der Waals surface area contributed by atoms with Gasteiger partial charge in [0.25, 0.3) is 0 Å². The van der Waals surface area contributed by atoms with E-state index in [1.165, 1.54) is 24.3 Å². The number of hydrogen-bond acceptors (Lipinski definition) is 5. The van der Waals surface area contributed by atoms with Crippen molar-refractivity contribution >= 4 is 5.69 Å². The molecule has 0 heterocycles. The molecule has 1 atom stereocenters. The Kier molecular flexibility index (Phi) is 4.58. The Bertz CT molecular complexity index is 633. The molecule has 0 saturated heterocycles. The van der Waals surface area contributed by atoms with Crippen molar-refractivity contribution in [3.63, 3.8) is 0 Å². The molecule has 5 heteroatoms. The number of phenolic OH excluding ortho intramolecular Hbond substituents is 2. The molecule has 0 bridgehead atoms. The molecule has 2 rings (SSSR count). The molecule has 0 unspecified atom stereocenters. The first kappa shape index (κ1) is 15.7. The third-order valence-electron chi connectivity index (χ3n) is 3.17. The normalized spacial score (nSPS) is 13.2. The maximum Gasteiger partial charge on any atom is 0.135 e. The number of benzene rings is 2. The van der Waals surface area contributed by atoms with Crippen LogP contribution < -0.4 is 10.1 Å². The maximum absolute atomic E-state index is 10.4. The lowest BCUT2D eigenvalue weighted by atomic mass is 10.0. The molecule has 116 valence electrons. The Morgan fingerprint density at radius 3 is 2.09 bits per heavy atom. The van der Waals surface area contributed by atoms with E-state index >= 15 is 0 Å². The minimum Gasteiger partial charge on any atom is -0.508 e. The SMILES string of the molecule is C=C(Nc1ccc(O)cc1)[C@@](C)(O)COc1ccc(O)cc1. The molecule has 0 aliphatic carbocycles. The van der Waals surface area contributed by atoms with E-state index in [-0.39, 0.29) is 18.1 Å². The van der Waals surface area contributed by atoms with Crippen molar-refractivity contribution in [3.8, 4) is 17.2 Å². The number of anilines is 1. The van der Waals surface area contributed by atoms with Crippen molar-refractivity contribution in [1.29, 1.82) is 0 Å². The predicted octanol–water partition coefficient (Wildman–Crippen LogP) is 2.85. The largest absolute Gasteiger partial charge is 0.508 e. The summed E-state index contributed by atoms with van der Waals surface area (Å²) in [5.41, 5.74) is -0.222. The van der Waals surface area contributed by atoms with Crippen molar-refractivity contribution in [3.05, 3.63) is 60.8 Å². The summed E-state index contributed by atoms with van der Waals surface area (Å²) >= 11 is 0. The van der Waals surface area contributed by atoms with Crippen LogP contribution in [0.4, 0.5) is 5.69 Å². The molecule has 0 aliphatic rings. The van der Waals surface area contributed by atoms with Crippen LogP contribution in [0.1, 0.15) is 6.92 Å². The van der Waals surface area contributed by atoms with Crippen molar-refractivity contribution in [2.75, 3.05) is 11.9 Å². The second-order valence-electron chi connectivity index (χ2n) is 5.21. The van der Waals surface area contributed by atoms with E-state index in [1.807, 2.05) is 0 Å². The van der Waals surface area contributed by atoms with Crippen LogP contribution in [0.5, 0.6) is 17.2 Å². The zero-order valence-electron chi connectivity index (χ0n) is 12.3. The Hall–Kier alpha value is -2.66. The number of ether oxygens (including phenoxy) is 1. The lowest BCUT2D eigenvalue weighted by Crippen LogP contribution is -2.37. The van der Waals surface area contributed by atoms with Gasteiger partial charge in [-0.1, -0.05) is 6.58 Å². The van der Waals surface area contributed by atoms with E-state index < -0.39 is 5.60 Å². The van der Waals surface area contributed by atoms with Gasteiger partial charge >= 0.3 is 0 Å².